The molecule has 7 nitrogen and oxygen atoms in total. The molecule has 0 unspecified atom stereocenters. The molecule has 0 bridgehead atoms. The Labute approximate surface area is 161 Å². The van der Waals surface area contributed by atoms with Gasteiger partial charge in [-0.2, -0.15) is 4.98 Å². The molecule has 4 rings (SSSR count). The Hall–Kier alpha value is -1.47. The number of hydrogen-bond acceptors (Lipinski definition) is 6. The monoisotopic (exact) mass is 375 g/mol. The Morgan fingerprint density at radius 1 is 1.19 bits per heavy atom. The fourth-order valence-corrected chi connectivity index (χ4v) is 4.30. The molecule has 150 valence electrons. The van der Waals surface area contributed by atoms with Crippen molar-refractivity contribution in [3.63, 3.8) is 0 Å². The third-order valence-corrected chi connectivity index (χ3v) is 6.18. The van der Waals surface area contributed by atoms with Crippen LogP contribution in [0.1, 0.15) is 70.0 Å². The van der Waals surface area contributed by atoms with Crippen molar-refractivity contribution >= 4 is 5.91 Å². The van der Waals surface area contributed by atoms with Gasteiger partial charge in [-0.1, -0.05) is 19.0 Å². The maximum atomic E-state index is 12.4. The van der Waals surface area contributed by atoms with Crippen molar-refractivity contribution in [2.45, 2.75) is 76.9 Å². The zero-order valence-corrected chi connectivity index (χ0v) is 16.7. The largest absolute Gasteiger partial charge is 0.353 e. The zero-order chi connectivity index (χ0) is 18.8. The van der Waals surface area contributed by atoms with Crippen molar-refractivity contribution in [3.05, 3.63) is 11.7 Å². The average Bonchev–Trinajstić information content (AvgIpc) is 3.37. The topological polar surface area (TPSA) is 74.5 Å². The third-order valence-electron chi connectivity index (χ3n) is 6.18. The standard InChI is InChI=1S/C20H33N5O2/c1-14(2)19-22-18(27-23-19)13-24-10-7-17(8-11-24)25-9-3-4-15(12-25)20(26)21-16-5-6-16/h14-17H,3-13H2,1-2H3,(H,21,26)/t15-/m1/s1. The number of amides is 1. The van der Waals surface area contributed by atoms with Gasteiger partial charge in [0.25, 0.3) is 0 Å². The van der Waals surface area contributed by atoms with Gasteiger partial charge in [-0.25, -0.2) is 0 Å². The summed E-state index contributed by atoms with van der Waals surface area (Å²) >= 11 is 0. The van der Waals surface area contributed by atoms with E-state index < -0.39 is 0 Å². The van der Waals surface area contributed by atoms with Crippen LogP contribution in [0.15, 0.2) is 4.52 Å². The molecule has 27 heavy (non-hydrogen) atoms. The van der Waals surface area contributed by atoms with Crippen LogP contribution in [-0.4, -0.2) is 64.1 Å². The quantitative estimate of drug-likeness (QED) is 0.821. The molecule has 2 aliphatic heterocycles. The van der Waals surface area contributed by atoms with Crippen molar-refractivity contribution in [3.8, 4) is 0 Å². The fraction of sp³-hybridized carbons (Fsp3) is 0.850. The third kappa shape index (κ3) is 4.88. The summed E-state index contributed by atoms with van der Waals surface area (Å²) in [5, 5.41) is 7.25. The lowest BCUT2D eigenvalue weighted by molar-refractivity contribution is -0.127. The number of carbonyl (C=O) groups is 1. The zero-order valence-electron chi connectivity index (χ0n) is 16.7. The van der Waals surface area contributed by atoms with E-state index in [0.717, 1.165) is 70.1 Å². The number of aromatic nitrogens is 2. The van der Waals surface area contributed by atoms with Crippen LogP contribution in [0.4, 0.5) is 0 Å². The van der Waals surface area contributed by atoms with Crippen LogP contribution in [0.3, 0.4) is 0 Å². The summed E-state index contributed by atoms with van der Waals surface area (Å²) in [6.45, 7) is 9.09. The molecular weight excluding hydrogens is 342 g/mol. The number of piperidine rings is 2. The maximum absolute atomic E-state index is 12.4. The molecule has 0 spiro atoms. The summed E-state index contributed by atoms with van der Waals surface area (Å²) in [6.07, 6.45) is 6.83. The first-order chi connectivity index (χ1) is 13.1. The van der Waals surface area contributed by atoms with Gasteiger partial charge in [0.05, 0.1) is 12.5 Å². The van der Waals surface area contributed by atoms with E-state index in [1.54, 1.807) is 0 Å². The second-order valence-electron chi connectivity index (χ2n) is 8.83. The van der Waals surface area contributed by atoms with E-state index in [9.17, 15) is 4.79 Å². The van der Waals surface area contributed by atoms with Gasteiger partial charge in [0.2, 0.25) is 11.8 Å². The summed E-state index contributed by atoms with van der Waals surface area (Å²) in [4.78, 5) is 21.9. The lowest BCUT2D eigenvalue weighted by atomic mass is 9.93. The molecule has 3 aliphatic rings. The Morgan fingerprint density at radius 3 is 2.63 bits per heavy atom. The molecule has 1 amide bonds. The smallest absolute Gasteiger partial charge is 0.240 e. The predicted molar refractivity (Wildman–Crippen MR) is 102 cm³/mol. The van der Waals surface area contributed by atoms with Gasteiger partial charge in [-0.3, -0.25) is 14.6 Å². The summed E-state index contributed by atoms with van der Waals surface area (Å²) in [5.74, 6) is 2.30. The van der Waals surface area contributed by atoms with E-state index in [2.05, 4.69) is 39.1 Å². The van der Waals surface area contributed by atoms with Gasteiger partial charge in [-0.05, 0) is 45.1 Å². The first-order valence-corrected chi connectivity index (χ1v) is 10.7. The number of hydrogen-bond donors (Lipinski definition) is 1. The van der Waals surface area contributed by atoms with Crippen molar-refractivity contribution in [1.82, 2.24) is 25.3 Å². The van der Waals surface area contributed by atoms with Crippen LogP contribution in [0.2, 0.25) is 0 Å². The second-order valence-corrected chi connectivity index (χ2v) is 8.83. The maximum Gasteiger partial charge on any atom is 0.240 e. The summed E-state index contributed by atoms with van der Waals surface area (Å²) in [6, 6.07) is 1.07. The van der Waals surface area contributed by atoms with Gasteiger partial charge >= 0.3 is 0 Å². The molecule has 0 radical (unpaired) electrons. The lowest BCUT2D eigenvalue weighted by Gasteiger charge is -2.41. The minimum absolute atomic E-state index is 0.185. The van der Waals surface area contributed by atoms with Gasteiger partial charge in [0.15, 0.2) is 5.82 Å². The molecule has 1 aliphatic carbocycles. The first kappa shape index (κ1) is 18.9. The van der Waals surface area contributed by atoms with E-state index in [-0.39, 0.29) is 11.8 Å². The van der Waals surface area contributed by atoms with Crippen LogP contribution in [0, 0.1) is 5.92 Å². The molecule has 1 N–H and O–H groups in total. The number of nitrogens with zero attached hydrogens (tertiary/aromatic N) is 4. The van der Waals surface area contributed by atoms with Crippen LogP contribution < -0.4 is 5.32 Å². The van der Waals surface area contributed by atoms with E-state index in [1.165, 1.54) is 12.8 Å². The van der Waals surface area contributed by atoms with E-state index in [4.69, 9.17) is 4.52 Å². The highest BCUT2D eigenvalue weighted by Gasteiger charge is 2.34. The average molecular weight is 376 g/mol. The van der Waals surface area contributed by atoms with Crippen LogP contribution in [0.5, 0.6) is 0 Å². The number of nitrogens with one attached hydrogen (secondary N) is 1. The summed E-state index contributed by atoms with van der Waals surface area (Å²) in [5.41, 5.74) is 0. The molecule has 3 fully saturated rings. The van der Waals surface area contributed by atoms with Crippen molar-refractivity contribution in [2.75, 3.05) is 26.2 Å². The van der Waals surface area contributed by atoms with E-state index >= 15 is 0 Å². The van der Waals surface area contributed by atoms with Gasteiger partial charge < -0.3 is 9.84 Å². The summed E-state index contributed by atoms with van der Waals surface area (Å²) < 4.78 is 5.39. The molecule has 1 aromatic rings. The molecule has 3 heterocycles. The lowest BCUT2D eigenvalue weighted by Crippen LogP contribution is -2.50. The van der Waals surface area contributed by atoms with Crippen LogP contribution in [0.25, 0.3) is 0 Å². The van der Waals surface area contributed by atoms with Crippen molar-refractivity contribution < 1.29 is 9.32 Å². The Bertz CT molecular complexity index is 634. The molecule has 7 heteroatoms. The highest BCUT2D eigenvalue weighted by atomic mass is 16.5. The van der Waals surface area contributed by atoms with Crippen LogP contribution in [-0.2, 0) is 11.3 Å². The Balaban J connectivity index is 1.23. The van der Waals surface area contributed by atoms with Crippen LogP contribution >= 0.6 is 0 Å². The van der Waals surface area contributed by atoms with Crippen molar-refractivity contribution in [2.24, 2.45) is 5.92 Å². The van der Waals surface area contributed by atoms with E-state index in [0.29, 0.717) is 18.0 Å². The molecule has 1 saturated carbocycles. The van der Waals surface area contributed by atoms with Crippen molar-refractivity contribution in [1.29, 1.82) is 0 Å². The molecule has 0 aromatic carbocycles. The van der Waals surface area contributed by atoms with Gasteiger partial charge in [-0.15, -0.1) is 0 Å². The molecule has 2 saturated heterocycles. The minimum Gasteiger partial charge on any atom is -0.353 e. The van der Waals surface area contributed by atoms with E-state index in [1.807, 2.05) is 0 Å². The Kier molecular flexibility index (Phi) is 5.78. The second kappa shape index (κ2) is 8.27. The fourth-order valence-electron chi connectivity index (χ4n) is 4.30. The SMILES string of the molecule is CC(C)c1noc(CN2CCC(N3CCC[C@@H](C(=O)NC4CC4)C3)CC2)n1. The summed E-state index contributed by atoms with van der Waals surface area (Å²) in [7, 11) is 0. The van der Waals surface area contributed by atoms with Gasteiger partial charge in [0, 0.05) is 37.6 Å². The van der Waals surface area contributed by atoms with Gasteiger partial charge in [0.1, 0.15) is 0 Å². The minimum atomic E-state index is 0.185. The molecule has 1 atom stereocenters. The number of rotatable bonds is 6. The highest BCUT2D eigenvalue weighted by Crippen LogP contribution is 2.26. The highest BCUT2D eigenvalue weighted by molar-refractivity contribution is 5.79. The normalized spacial score (nSPS) is 25.8. The Morgan fingerprint density at radius 2 is 1.96 bits per heavy atom. The molecular formula is C20H33N5O2. The first-order valence-electron chi connectivity index (χ1n) is 10.7. The number of carbonyl (C=O) groups excluding carboxylic acids is 1. The number of likely N-dealkylation sites (tertiary alicyclic amines) is 2. The predicted octanol–water partition coefficient (Wildman–Crippen LogP) is 2.15. The molecule has 1 aromatic heterocycles.